The van der Waals surface area contributed by atoms with Crippen LogP contribution >= 0.6 is 0 Å². The molecule has 63 valence electrons. The first-order valence-corrected chi connectivity index (χ1v) is 4.66. The van der Waals surface area contributed by atoms with E-state index in [9.17, 15) is 0 Å². The van der Waals surface area contributed by atoms with E-state index >= 15 is 0 Å². The Balaban J connectivity index is 2.41. The summed E-state index contributed by atoms with van der Waals surface area (Å²) in [7, 11) is 3.38. The Morgan fingerprint density at radius 1 is 1.42 bits per heavy atom. The molecule has 0 fully saturated rings. The van der Waals surface area contributed by atoms with Gasteiger partial charge in [0.05, 0.1) is 6.61 Å². The van der Waals surface area contributed by atoms with Gasteiger partial charge in [-0.1, -0.05) is 12.1 Å². The Labute approximate surface area is 76.2 Å². The molecule has 0 aromatic heterocycles. The number of nitrogens with two attached hydrogens (primary N) is 1. The van der Waals surface area contributed by atoms with Crippen molar-refractivity contribution >= 4 is 15.9 Å². The van der Waals surface area contributed by atoms with Gasteiger partial charge in [0.15, 0.2) is 0 Å². The number of hydrogen-bond donors (Lipinski definition) is 1. The van der Waals surface area contributed by atoms with Crippen molar-refractivity contribution in [2.24, 2.45) is 0 Å². The van der Waals surface area contributed by atoms with Crippen molar-refractivity contribution in [2.45, 2.75) is 12.5 Å². The molecule has 0 spiro atoms. The highest BCUT2D eigenvalue weighted by molar-refractivity contribution is 6.08. The van der Waals surface area contributed by atoms with Crippen LogP contribution in [-0.2, 0) is 0 Å². The summed E-state index contributed by atoms with van der Waals surface area (Å²) in [5.41, 5.74) is 6.31. The van der Waals surface area contributed by atoms with E-state index < -0.39 is 0 Å². The largest absolute Gasteiger partial charge is 0.494 e. The molecule has 2 nitrogen and oxygen atoms in total. The summed E-state index contributed by atoms with van der Waals surface area (Å²) in [6.45, 7) is 0.729. The fourth-order valence-electron chi connectivity index (χ4n) is 0.867. The molecule has 0 heterocycles. The monoisotopic (exact) mass is 178 g/mol. The second-order valence-electron chi connectivity index (χ2n) is 2.52. The summed E-state index contributed by atoms with van der Waals surface area (Å²) in [6, 6.07) is 8.43. The maximum absolute atomic E-state index is 5.57. The van der Waals surface area contributed by atoms with Gasteiger partial charge in [-0.2, -0.15) is 0 Å². The highest BCUT2D eigenvalue weighted by Gasteiger charge is 1.92. The molecular formula is C9H12NOSi. The van der Waals surface area contributed by atoms with E-state index in [1.807, 2.05) is 24.3 Å². The fraction of sp³-hybridized carbons (Fsp3) is 0.333. The molecule has 0 atom stereocenters. The van der Waals surface area contributed by atoms with Crippen LogP contribution < -0.4 is 10.5 Å². The van der Waals surface area contributed by atoms with E-state index in [1.165, 1.54) is 0 Å². The van der Waals surface area contributed by atoms with Gasteiger partial charge >= 0.3 is 0 Å². The number of benzene rings is 1. The van der Waals surface area contributed by atoms with E-state index in [0.717, 1.165) is 30.5 Å². The summed E-state index contributed by atoms with van der Waals surface area (Å²) in [4.78, 5) is 0. The van der Waals surface area contributed by atoms with E-state index in [0.29, 0.717) is 0 Å². The standard InChI is InChI=1S/C9H12NOSi/c10-8-3-1-4-9(7-8)11-5-2-6-12/h1,3-4,7H,2,5-6,10H2. The third-order valence-electron chi connectivity index (χ3n) is 1.45. The van der Waals surface area contributed by atoms with Crippen molar-refractivity contribution in [3.8, 4) is 5.75 Å². The average Bonchev–Trinajstić information content (AvgIpc) is 2.05. The zero-order chi connectivity index (χ0) is 8.81. The van der Waals surface area contributed by atoms with Gasteiger partial charge in [0.25, 0.3) is 0 Å². The summed E-state index contributed by atoms with van der Waals surface area (Å²) in [5, 5.41) is 0. The van der Waals surface area contributed by atoms with E-state index in [4.69, 9.17) is 10.5 Å². The Morgan fingerprint density at radius 2 is 2.25 bits per heavy atom. The molecule has 3 radical (unpaired) electrons. The molecule has 3 heteroatoms. The third-order valence-corrected chi connectivity index (χ3v) is 1.80. The first-order chi connectivity index (χ1) is 5.83. The average molecular weight is 178 g/mol. The predicted molar refractivity (Wildman–Crippen MR) is 51.5 cm³/mol. The van der Waals surface area contributed by atoms with Crippen LogP contribution in [-0.4, -0.2) is 16.8 Å². The molecule has 12 heavy (non-hydrogen) atoms. The van der Waals surface area contributed by atoms with Crippen LogP contribution in [0.1, 0.15) is 6.42 Å². The minimum Gasteiger partial charge on any atom is -0.494 e. The lowest BCUT2D eigenvalue weighted by Gasteiger charge is -2.04. The number of ether oxygens (including phenoxy) is 1. The summed E-state index contributed by atoms with van der Waals surface area (Å²) >= 11 is 0. The lowest BCUT2D eigenvalue weighted by atomic mass is 10.3. The van der Waals surface area contributed by atoms with Gasteiger partial charge in [-0.15, -0.1) is 0 Å². The van der Waals surface area contributed by atoms with E-state index in [1.54, 1.807) is 0 Å². The van der Waals surface area contributed by atoms with Gasteiger partial charge in [-0.25, -0.2) is 0 Å². The Kier molecular flexibility index (Phi) is 3.67. The topological polar surface area (TPSA) is 35.2 Å². The molecule has 1 aromatic rings. The van der Waals surface area contributed by atoms with Crippen LogP contribution in [0.2, 0.25) is 6.04 Å². The molecular weight excluding hydrogens is 166 g/mol. The van der Waals surface area contributed by atoms with Crippen LogP contribution in [0.3, 0.4) is 0 Å². The predicted octanol–water partition coefficient (Wildman–Crippen LogP) is 1.62. The molecule has 1 aromatic carbocycles. The summed E-state index contributed by atoms with van der Waals surface area (Å²) < 4.78 is 5.42. The van der Waals surface area contributed by atoms with Gasteiger partial charge < -0.3 is 10.5 Å². The second kappa shape index (κ2) is 4.82. The molecule has 1 rings (SSSR count). The first kappa shape index (κ1) is 9.13. The SMILES string of the molecule is Nc1cccc(OCCC[Si])c1. The third kappa shape index (κ3) is 2.96. The molecule has 0 saturated heterocycles. The molecule has 0 aliphatic heterocycles. The van der Waals surface area contributed by atoms with Crippen molar-refractivity contribution < 1.29 is 4.74 Å². The van der Waals surface area contributed by atoms with Crippen LogP contribution in [0.15, 0.2) is 24.3 Å². The smallest absolute Gasteiger partial charge is 0.121 e. The van der Waals surface area contributed by atoms with Crippen molar-refractivity contribution in [1.29, 1.82) is 0 Å². The second-order valence-corrected chi connectivity index (χ2v) is 3.02. The zero-order valence-corrected chi connectivity index (χ0v) is 7.92. The minimum absolute atomic E-state index is 0.729. The van der Waals surface area contributed by atoms with Crippen molar-refractivity contribution in [3.05, 3.63) is 24.3 Å². The molecule has 0 amide bonds. The summed E-state index contributed by atoms with van der Waals surface area (Å²) in [6.07, 6.45) is 1.01. The highest BCUT2D eigenvalue weighted by Crippen LogP contribution is 2.14. The van der Waals surface area contributed by atoms with Gasteiger partial charge in [0, 0.05) is 22.0 Å². The molecule has 0 saturated carbocycles. The summed E-state index contributed by atoms with van der Waals surface area (Å²) in [5.74, 6) is 0.843. The van der Waals surface area contributed by atoms with Crippen LogP contribution in [0.4, 0.5) is 5.69 Å². The quantitative estimate of drug-likeness (QED) is 0.432. The molecule has 0 unspecified atom stereocenters. The van der Waals surface area contributed by atoms with Crippen LogP contribution in [0.5, 0.6) is 5.75 Å². The number of rotatable bonds is 4. The van der Waals surface area contributed by atoms with Crippen LogP contribution in [0.25, 0.3) is 0 Å². The normalized spacial score (nSPS) is 9.75. The molecule has 0 aliphatic carbocycles. The minimum atomic E-state index is 0.729. The Morgan fingerprint density at radius 3 is 2.92 bits per heavy atom. The highest BCUT2D eigenvalue weighted by atomic mass is 28.1. The van der Waals surface area contributed by atoms with Crippen LogP contribution in [0, 0.1) is 0 Å². The van der Waals surface area contributed by atoms with Gasteiger partial charge in [0.1, 0.15) is 5.75 Å². The lowest BCUT2D eigenvalue weighted by Crippen LogP contribution is -1.97. The molecule has 0 aliphatic rings. The number of anilines is 1. The van der Waals surface area contributed by atoms with E-state index in [2.05, 4.69) is 10.2 Å². The number of nitrogen functional groups attached to an aromatic ring is 1. The van der Waals surface area contributed by atoms with Crippen molar-refractivity contribution in [2.75, 3.05) is 12.3 Å². The first-order valence-electron chi connectivity index (χ1n) is 3.96. The Bertz CT molecular complexity index is 240. The maximum Gasteiger partial charge on any atom is 0.121 e. The Hall–Kier alpha value is -0.963. The fourth-order valence-corrected chi connectivity index (χ4v) is 1.01. The maximum atomic E-state index is 5.57. The van der Waals surface area contributed by atoms with Gasteiger partial charge in [0.2, 0.25) is 0 Å². The van der Waals surface area contributed by atoms with E-state index in [-0.39, 0.29) is 0 Å². The lowest BCUT2D eigenvalue weighted by molar-refractivity contribution is 0.317. The molecule has 0 bridgehead atoms. The van der Waals surface area contributed by atoms with Gasteiger partial charge in [-0.05, 0) is 18.6 Å². The van der Waals surface area contributed by atoms with Crippen molar-refractivity contribution in [3.63, 3.8) is 0 Å². The number of hydrogen-bond acceptors (Lipinski definition) is 2. The molecule has 2 N–H and O–H groups in total. The van der Waals surface area contributed by atoms with Gasteiger partial charge in [-0.3, -0.25) is 0 Å². The van der Waals surface area contributed by atoms with Crippen molar-refractivity contribution in [1.82, 2.24) is 0 Å². The zero-order valence-electron chi connectivity index (χ0n) is 6.92.